The Morgan fingerprint density at radius 2 is 2.07 bits per heavy atom. The number of nitro groups is 1. The van der Waals surface area contributed by atoms with E-state index in [0.717, 1.165) is 6.42 Å². The van der Waals surface area contributed by atoms with Crippen molar-refractivity contribution in [3.63, 3.8) is 0 Å². The highest BCUT2D eigenvalue weighted by molar-refractivity contribution is 5.95. The molecule has 0 spiro atoms. The molecule has 27 heavy (non-hydrogen) atoms. The van der Waals surface area contributed by atoms with Gasteiger partial charge in [-0.3, -0.25) is 14.9 Å². The van der Waals surface area contributed by atoms with Gasteiger partial charge in [0, 0.05) is 38.3 Å². The molecule has 1 heterocycles. The molecule has 1 aromatic carbocycles. The summed E-state index contributed by atoms with van der Waals surface area (Å²) >= 11 is 0. The van der Waals surface area contributed by atoms with Crippen LogP contribution in [0.1, 0.15) is 26.7 Å². The molecule has 3 amide bonds. The van der Waals surface area contributed by atoms with E-state index in [1.807, 2.05) is 13.8 Å². The summed E-state index contributed by atoms with van der Waals surface area (Å²) < 4.78 is 5.18. The minimum Gasteiger partial charge on any atom is -0.495 e. The molecule has 1 aliphatic rings. The molecule has 0 unspecified atom stereocenters. The minimum atomic E-state index is -0.528. The van der Waals surface area contributed by atoms with E-state index >= 15 is 0 Å². The Balaban J connectivity index is 2.10. The van der Waals surface area contributed by atoms with Gasteiger partial charge in [-0.15, -0.1) is 0 Å². The third-order valence-electron chi connectivity index (χ3n) is 4.75. The number of rotatable bonds is 6. The van der Waals surface area contributed by atoms with Gasteiger partial charge in [0.05, 0.1) is 23.6 Å². The van der Waals surface area contributed by atoms with Crippen LogP contribution in [0.4, 0.5) is 16.2 Å². The van der Waals surface area contributed by atoms with E-state index in [4.69, 9.17) is 4.74 Å². The summed E-state index contributed by atoms with van der Waals surface area (Å²) in [4.78, 5) is 39.1. The predicted octanol–water partition coefficient (Wildman–Crippen LogP) is 2.72. The Bertz CT molecular complexity index is 705. The van der Waals surface area contributed by atoms with Crippen molar-refractivity contribution in [3.05, 3.63) is 28.3 Å². The van der Waals surface area contributed by atoms with E-state index in [1.54, 1.807) is 9.80 Å². The normalized spacial score (nSPS) is 16.6. The number of piperidine rings is 1. The molecule has 148 valence electrons. The summed E-state index contributed by atoms with van der Waals surface area (Å²) in [7, 11) is 1.43. The third-order valence-corrected chi connectivity index (χ3v) is 4.75. The lowest BCUT2D eigenvalue weighted by atomic mass is 9.97. The van der Waals surface area contributed by atoms with Crippen LogP contribution in [0.2, 0.25) is 0 Å². The smallest absolute Gasteiger partial charge is 0.320 e. The van der Waals surface area contributed by atoms with Gasteiger partial charge in [-0.2, -0.15) is 0 Å². The summed E-state index contributed by atoms with van der Waals surface area (Å²) in [5, 5.41) is 13.7. The van der Waals surface area contributed by atoms with Crippen LogP contribution >= 0.6 is 0 Å². The first kappa shape index (κ1) is 20.5. The van der Waals surface area contributed by atoms with Crippen molar-refractivity contribution in [2.75, 3.05) is 38.6 Å². The first-order chi connectivity index (χ1) is 12.9. The lowest BCUT2D eigenvalue weighted by Crippen LogP contribution is -2.49. The van der Waals surface area contributed by atoms with Gasteiger partial charge in [-0.05, 0) is 32.8 Å². The Morgan fingerprint density at radius 3 is 2.67 bits per heavy atom. The molecular formula is C18H26N4O5. The topological polar surface area (TPSA) is 105 Å². The maximum Gasteiger partial charge on any atom is 0.320 e. The van der Waals surface area contributed by atoms with Gasteiger partial charge in [0.15, 0.2) is 0 Å². The highest BCUT2D eigenvalue weighted by atomic mass is 16.6. The van der Waals surface area contributed by atoms with E-state index in [0.29, 0.717) is 38.3 Å². The summed E-state index contributed by atoms with van der Waals surface area (Å²) in [6, 6.07) is 3.98. The van der Waals surface area contributed by atoms with Gasteiger partial charge in [0.1, 0.15) is 5.75 Å². The highest BCUT2D eigenvalue weighted by Crippen LogP contribution is 2.30. The van der Waals surface area contributed by atoms with E-state index in [9.17, 15) is 19.7 Å². The molecule has 1 N–H and O–H groups in total. The molecule has 9 nitrogen and oxygen atoms in total. The van der Waals surface area contributed by atoms with Crippen LogP contribution in [0.3, 0.4) is 0 Å². The molecule has 0 aliphatic carbocycles. The third kappa shape index (κ3) is 4.87. The number of ether oxygens (including phenoxy) is 1. The van der Waals surface area contributed by atoms with Crippen LogP contribution < -0.4 is 10.1 Å². The van der Waals surface area contributed by atoms with E-state index in [1.165, 1.54) is 25.3 Å². The van der Waals surface area contributed by atoms with Crippen LogP contribution in [0.25, 0.3) is 0 Å². The van der Waals surface area contributed by atoms with Gasteiger partial charge in [0.25, 0.3) is 5.69 Å². The second kappa shape index (κ2) is 9.20. The first-order valence-electron chi connectivity index (χ1n) is 9.08. The number of anilines is 1. The van der Waals surface area contributed by atoms with Gasteiger partial charge >= 0.3 is 6.03 Å². The number of amides is 3. The van der Waals surface area contributed by atoms with E-state index in [2.05, 4.69) is 5.32 Å². The fourth-order valence-electron chi connectivity index (χ4n) is 3.20. The lowest BCUT2D eigenvalue weighted by molar-refractivity contribution is -0.384. The number of nitrogens with zero attached hydrogens (tertiary/aromatic N) is 3. The van der Waals surface area contributed by atoms with Crippen molar-refractivity contribution in [1.82, 2.24) is 9.80 Å². The monoisotopic (exact) mass is 378 g/mol. The molecule has 1 aliphatic heterocycles. The number of urea groups is 1. The van der Waals surface area contributed by atoms with Crippen molar-refractivity contribution < 1.29 is 19.2 Å². The average molecular weight is 378 g/mol. The fourth-order valence-corrected chi connectivity index (χ4v) is 3.20. The minimum absolute atomic E-state index is 0.0644. The van der Waals surface area contributed by atoms with Crippen molar-refractivity contribution in [3.8, 4) is 5.75 Å². The van der Waals surface area contributed by atoms with Crippen molar-refractivity contribution in [2.24, 2.45) is 5.92 Å². The second-order valence-electron chi connectivity index (χ2n) is 6.37. The second-order valence-corrected chi connectivity index (χ2v) is 6.37. The molecule has 1 atom stereocenters. The zero-order chi connectivity index (χ0) is 20.0. The highest BCUT2D eigenvalue weighted by Gasteiger charge is 2.30. The van der Waals surface area contributed by atoms with Crippen molar-refractivity contribution in [2.45, 2.75) is 26.7 Å². The zero-order valence-electron chi connectivity index (χ0n) is 15.9. The van der Waals surface area contributed by atoms with Crippen LogP contribution in [0.5, 0.6) is 5.75 Å². The number of non-ortho nitro benzene ring substituents is 1. The number of benzene rings is 1. The van der Waals surface area contributed by atoms with Gasteiger partial charge in [-0.25, -0.2) is 4.79 Å². The molecule has 0 saturated carbocycles. The Hall–Kier alpha value is -2.84. The molecule has 2 rings (SSSR count). The lowest BCUT2D eigenvalue weighted by Gasteiger charge is -2.35. The SMILES string of the molecule is CCN(CC)C(=O)N1CCC[C@H](C(=O)Nc2cc([N+](=O)[O-])ccc2OC)C1. The maximum atomic E-state index is 12.7. The quantitative estimate of drug-likeness (QED) is 0.605. The number of carbonyl (C=O) groups excluding carboxylic acids is 2. The van der Waals surface area contributed by atoms with Crippen molar-refractivity contribution in [1.29, 1.82) is 0 Å². The Kier molecular flexibility index (Phi) is 6.98. The molecule has 1 saturated heterocycles. The molecule has 0 bridgehead atoms. The average Bonchev–Trinajstić information content (AvgIpc) is 2.68. The zero-order valence-corrected chi connectivity index (χ0v) is 15.9. The Labute approximate surface area is 158 Å². The van der Waals surface area contributed by atoms with Crippen LogP contribution in [-0.2, 0) is 4.79 Å². The van der Waals surface area contributed by atoms with Crippen LogP contribution in [0.15, 0.2) is 18.2 Å². The predicted molar refractivity (Wildman–Crippen MR) is 101 cm³/mol. The van der Waals surface area contributed by atoms with Gasteiger partial charge < -0.3 is 19.9 Å². The molecule has 0 aromatic heterocycles. The number of carbonyl (C=O) groups is 2. The molecule has 9 heteroatoms. The van der Waals surface area contributed by atoms with Crippen LogP contribution in [-0.4, -0.2) is 60.0 Å². The Morgan fingerprint density at radius 1 is 1.37 bits per heavy atom. The molecular weight excluding hydrogens is 352 g/mol. The van der Waals surface area contributed by atoms with Crippen molar-refractivity contribution >= 4 is 23.3 Å². The van der Waals surface area contributed by atoms with Gasteiger partial charge in [0.2, 0.25) is 5.91 Å². The number of hydrogen-bond donors (Lipinski definition) is 1. The molecule has 1 aromatic rings. The summed E-state index contributed by atoms with van der Waals surface area (Å²) in [5.41, 5.74) is 0.122. The standard InChI is InChI=1S/C18H26N4O5/c1-4-20(5-2)18(24)21-10-6-7-13(12-21)17(23)19-15-11-14(22(25)26)8-9-16(15)27-3/h8-9,11,13H,4-7,10,12H2,1-3H3,(H,19,23)/t13-/m0/s1. The summed E-state index contributed by atoms with van der Waals surface area (Å²) in [6.45, 7) is 6.03. The largest absolute Gasteiger partial charge is 0.495 e. The molecule has 1 fully saturated rings. The maximum absolute atomic E-state index is 12.7. The van der Waals surface area contributed by atoms with E-state index in [-0.39, 0.29) is 29.2 Å². The first-order valence-corrected chi connectivity index (χ1v) is 9.08. The number of hydrogen-bond acceptors (Lipinski definition) is 5. The fraction of sp³-hybridized carbons (Fsp3) is 0.556. The van der Waals surface area contributed by atoms with Gasteiger partial charge in [-0.1, -0.05) is 0 Å². The number of methoxy groups -OCH3 is 1. The number of nitrogens with one attached hydrogen (secondary N) is 1. The van der Waals surface area contributed by atoms with Crippen LogP contribution in [0, 0.1) is 16.0 Å². The number of likely N-dealkylation sites (tertiary alicyclic amines) is 1. The molecule has 0 radical (unpaired) electrons. The van der Waals surface area contributed by atoms with E-state index < -0.39 is 4.92 Å². The summed E-state index contributed by atoms with van der Waals surface area (Å²) in [6.07, 6.45) is 1.39. The summed E-state index contributed by atoms with van der Waals surface area (Å²) in [5.74, 6) is -0.297. The number of nitro benzene ring substituents is 1.